The summed E-state index contributed by atoms with van der Waals surface area (Å²) >= 11 is -1.27. The highest BCUT2D eigenvalue weighted by molar-refractivity contribution is 7.79. The van der Waals surface area contributed by atoms with E-state index >= 15 is 0 Å². The normalized spacial score (nSPS) is 12.8. The van der Waals surface area contributed by atoms with Gasteiger partial charge in [-0.3, -0.25) is 0 Å². The highest BCUT2D eigenvalue weighted by Crippen LogP contribution is 2.18. The lowest BCUT2D eigenvalue weighted by molar-refractivity contribution is 0.0698. The van der Waals surface area contributed by atoms with E-state index in [1.54, 1.807) is 0 Å². The molecule has 11 heavy (non-hydrogen) atoms. The third-order valence-electron chi connectivity index (χ3n) is 1.01. The Labute approximate surface area is 68.8 Å². The van der Waals surface area contributed by atoms with Crippen LogP contribution in [0.1, 0.15) is 9.67 Å². The number of carbonyl (C=O) groups is 1. The molecule has 1 aromatic heterocycles. The van der Waals surface area contributed by atoms with Crippen LogP contribution in [-0.2, 0) is 11.1 Å². The monoisotopic (exact) mass is 192 g/mol. The Bertz CT molecular complexity index is 275. The summed E-state index contributed by atoms with van der Waals surface area (Å²) < 4.78 is 19.0. The molecular weight excluding hydrogens is 188 g/mol. The first kappa shape index (κ1) is 8.38. The Kier molecular flexibility index (Phi) is 2.38. The van der Waals surface area contributed by atoms with E-state index in [4.69, 9.17) is 9.66 Å². The van der Waals surface area contributed by atoms with Gasteiger partial charge in [0.15, 0.2) is 11.1 Å². The van der Waals surface area contributed by atoms with Crippen LogP contribution in [0.2, 0.25) is 0 Å². The van der Waals surface area contributed by atoms with Gasteiger partial charge in [-0.15, -0.1) is 11.3 Å². The van der Waals surface area contributed by atoms with Crippen molar-refractivity contribution in [2.24, 2.45) is 0 Å². The summed E-state index contributed by atoms with van der Waals surface area (Å²) in [7, 11) is 0. The molecule has 0 saturated heterocycles. The second kappa shape index (κ2) is 3.12. The van der Waals surface area contributed by atoms with Crippen LogP contribution < -0.4 is 0 Å². The van der Waals surface area contributed by atoms with Crippen LogP contribution in [-0.4, -0.2) is 19.8 Å². The SMILES string of the molecule is O=C(O)c1sccc1S(=O)O. The predicted molar refractivity (Wildman–Crippen MR) is 40.3 cm³/mol. The first-order valence-electron chi connectivity index (χ1n) is 2.54. The molecule has 1 aromatic rings. The smallest absolute Gasteiger partial charge is 0.347 e. The van der Waals surface area contributed by atoms with Crippen LogP contribution >= 0.6 is 11.3 Å². The summed E-state index contributed by atoms with van der Waals surface area (Å²) in [5.41, 5.74) is 0. The van der Waals surface area contributed by atoms with Crippen molar-refractivity contribution in [1.29, 1.82) is 0 Å². The molecule has 60 valence electrons. The zero-order valence-corrected chi connectivity index (χ0v) is 6.82. The predicted octanol–water partition coefficient (Wildman–Crippen LogP) is 1.03. The lowest BCUT2D eigenvalue weighted by Crippen LogP contribution is -1.98. The van der Waals surface area contributed by atoms with Crippen LogP contribution in [0.3, 0.4) is 0 Å². The molecule has 0 aromatic carbocycles. The summed E-state index contributed by atoms with van der Waals surface area (Å²) in [6.45, 7) is 0. The van der Waals surface area contributed by atoms with Crippen molar-refractivity contribution in [2.45, 2.75) is 4.90 Å². The van der Waals surface area contributed by atoms with Crippen LogP contribution in [0.5, 0.6) is 0 Å². The van der Waals surface area contributed by atoms with Crippen molar-refractivity contribution in [1.82, 2.24) is 0 Å². The van der Waals surface area contributed by atoms with Crippen molar-refractivity contribution in [3.63, 3.8) is 0 Å². The number of aromatic carboxylic acids is 1. The average molecular weight is 192 g/mol. The van der Waals surface area contributed by atoms with Gasteiger partial charge in [-0.2, -0.15) is 0 Å². The minimum absolute atomic E-state index is 0.0394. The van der Waals surface area contributed by atoms with E-state index < -0.39 is 17.0 Å². The second-order valence-corrected chi connectivity index (χ2v) is 3.52. The summed E-state index contributed by atoms with van der Waals surface area (Å²) in [6.07, 6.45) is 0. The lowest BCUT2D eigenvalue weighted by Gasteiger charge is -1.90. The van der Waals surface area contributed by atoms with Crippen molar-refractivity contribution in [3.8, 4) is 0 Å². The van der Waals surface area contributed by atoms with Gasteiger partial charge in [-0.1, -0.05) is 0 Å². The molecule has 6 heteroatoms. The van der Waals surface area contributed by atoms with Crippen molar-refractivity contribution >= 4 is 28.4 Å². The van der Waals surface area contributed by atoms with E-state index in [1.807, 2.05) is 0 Å². The maximum atomic E-state index is 10.4. The fourth-order valence-corrected chi connectivity index (χ4v) is 2.09. The van der Waals surface area contributed by atoms with Crippen molar-refractivity contribution in [3.05, 3.63) is 16.3 Å². The van der Waals surface area contributed by atoms with Gasteiger partial charge in [-0.25, -0.2) is 9.00 Å². The van der Waals surface area contributed by atoms with E-state index in [-0.39, 0.29) is 9.77 Å². The lowest BCUT2D eigenvalue weighted by atomic mass is 10.5. The van der Waals surface area contributed by atoms with Crippen molar-refractivity contribution < 1.29 is 18.7 Å². The van der Waals surface area contributed by atoms with Crippen LogP contribution in [0.15, 0.2) is 16.3 Å². The van der Waals surface area contributed by atoms with Gasteiger partial charge in [0, 0.05) is 0 Å². The maximum absolute atomic E-state index is 10.4. The van der Waals surface area contributed by atoms with E-state index in [2.05, 4.69) is 0 Å². The Morgan fingerprint density at radius 1 is 1.64 bits per heavy atom. The van der Waals surface area contributed by atoms with Gasteiger partial charge in [0.25, 0.3) is 0 Å². The molecular formula is C5H4O4S2. The molecule has 1 atom stereocenters. The fraction of sp³-hybridized carbons (Fsp3) is 0. The van der Waals surface area contributed by atoms with Crippen molar-refractivity contribution in [2.75, 3.05) is 0 Å². The standard InChI is InChI=1S/C5H4O4S2/c6-5(7)4-3(11(8)9)1-2-10-4/h1-2H,(H,6,7)(H,8,9). The first-order valence-corrected chi connectivity index (χ1v) is 4.53. The molecule has 0 saturated carbocycles. The van der Waals surface area contributed by atoms with Crippen LogP contribution in [0, 0.1) is 0 Å². The molecule has 0 amide bonds. The average Bonchev–Trinajstić information content (AvgIpc) is 2.32. The van der Waals surface area contributed by atoms with Crippen LogP contribution in [0.4, 0.5) is 0 Å². The molecule has 1 rings (SSSR count). The maximum Gasteiger partial charge on any atom is 0.347 e. The van der Waals surface area contributed by atoms with E-state index in [9.17, 15) is 9.00 Å². The first-order chi connectivity index (χ1) is 5.13. The number of carboxylic acid groups (broad SMARTS) is 1. The summed E-state index contributed by atoms with van der Waals surface area (Å²) in [4.78, 5) is 10.2. The van der Waals surface area contributed by atoms with Crippen LogP contribution in [0.25, 0.3) is 0 Å². The topological polar surface area (TPSA) is 74.6 Å². The number of carboxylic acids is 1. The number of thiophene rings is 1. The van der Waals surface area contributed by atoms with Gasteiger partial charge in [0.1, 0.15) is 4.88 Å². The summed E-state index contributed by atoms with van der Waals surface area (Å²) in [5, 5.41) is 9.93. The minimum Gasteiger partial charge on any atom is -0.477 e. The molecule has 0 spiro atoms. The molecule has 1 heterocycles. The molecule has 0 radical (unpaired) electrons. The fourth-order valence-electron chi connectivity index (χ4n) is 0.591. The number of hydrogen-bond donors (Lipinski definition) is 2. The Morgan fingerprint density at radius 2 is 2.27 bits per heavy atom. The highest BCUT2D eigenvalue weighted by atomic mass is 32.2. The number of rotatable bonds is 2. The number of hydrogen-bond acceptors (Lipinski definition) is 3. The molecule has 2 N–H and O–H groups in total. The zero-order valence-electron chi connectivity index (χ0n) is 5.18. The zero-order chi connectivity index (χ0) is 8.43. The Hall–Kier alpha value is -0.720. The molecule has 0 bridgehead atoms. The van der Waals surface area contributed by atoms with Gasteiger partial charge in [-0.05, 0) is 11.4 Å². The van der Waals surface area contributed by atoms with E-state index in [0.717, 1.165) is 11.3 Å². The molecule has 0 fully saturated rings. The molecule has 0 aliphatic rings. The molecule has 0 aliphatic carbocycles. The van der Waals surface area contributed by atoms with Gasteiger partial charge in [0.2, 0.25) is 0 Å². The molecule has 4 nitrogen and oxygen atoms in total. The molecule has 0 aliphatic heterocycles. The summed E-state index contributed by atoms with van der Waals surface area (Å²) in [5.74, 6) is -1.17. The Balaban J connectivity index is 3.16. The van der Waals surface area contributed by atoms with Gasteiger partial charge in [0.05, 0.1) is 4.90 Å². The Morgan fingerprint density at radius 3 is 2.64 bits per heavy atom. The second-order valence-electron chi connectivity index (χ2n) is 1.67. The summed E-state index contributed by atoms with van der Waals surface area (Å²) in [6, 6.07) is 1.32. The van der Waals surface area contributed by atoms with E-state index in [0.29, 0.717) is 0 Å². The highest BCUT2D eigenvalue weighted by Gasteiger charge is 2.14. The third kappa shape index (κ3) is 1.65. The largest absolute Gasteiger partial charge is 0.477 e. The van der Waals surface area contributed by atoms with Gasteiger partial charge >= 0.3 is 5.97 Å². The van der Waals surface area contributed by atoms with Gasteiger partial charge < -0.3 is 9.66 Å². The molecule has 1 unspecified atom stereocenters. The third-order valence-corrected chi connectivity index (χ3v) is 2.76. The minimum atomic E-state index is -2.20. The van der Waals surface area contributed by atoms with E-state index in [1.165, 1.54) is 11.4 Å². The quantitative estimate of drug-likeness (QED) is 0.686.